The number of hydrogen-bond donors (Lipinski definition) is 0. The summed E-state index contributed by atoms with van der Waals surface area (Å²) in [6.45, 7) is 0.830. The van der Waals surface area contributed by atoms with Crippen LogP contribution in [-0.4, -0.2) is 33.2 Å². The second-order valence-corrected chi connectivity index (χ2v) is 6.17. The van der Waals surface area contributed by atoms with Crippen LogP contribution < -0.4 is 0 Å². The van der Waals surface area contributed by atoms with Crippen LogP contribution in [-0.2, 0) is 6.54 Å². The Labute approximate surface area is 113 Å². The molecule has 0 saturated heterocycles. The molecule has 1 spiro atoms. The summed E-state index contributed by atoms with van der Waals surface area (Å²) in [6, 6.07) is 5.89. The molecular weight excluding hydrogens is 294 g/mol. The first kappa shape index (κ1) is 10.6. The molecule has 4 nitrogen and oxygen atoms in total. The van der Waals surface area contributed by atoms with Gasteiger partial charge in [-0.2, -0.15) is 5.10 Å². The van der Waals surface area contributed by atoms with Crippen LogP contribution in [0.4, 0.5) is 0 Å². The molecule has 1 amide bonds. The second kappa shape index (κ2) is 3.15. The number of aromatic nitrogens is 2. The molecular formula is C13H12BrN3O. The van der Waals surface area contributed by atoms with Gasteiger partial charge in [0.1, 0.15) is 5.69 Å². The topological polar surface area (TPSA) is 38.1 Å². The van der Waals surface area contributed by atoms with Crippen LogP contribution in [0.3, 0.4) is 0 Å². The van der Waals surface area contributed by atoms with Crippen molar-refractivity contribution in [3.63, 3.8) is 0 Å². The van der Waals surface area contributed by atoms with E-state index < -0.39 is 0 Å². The maximum absolute atomic E-state index is 12.5. The summed E-state index contributed by atoms with van der Waals surface area (Å²) in [5.74, 6) is 0.0966. The van der Waals surface area contributed by atoms with E-state index in [1.54, 1.807) is 0 Å². The van der Waals surface area contributed by atoms with Gasteiger partial charge < -0.3 is 4.90 Å². The summed E-state index contributed by atoms with van der Waals surface area (Å²) in [4.78, 5) is 14.4. The van der Waals surface area contributed by atoms with Crippen LogP contribution in [0.1, 0.15) is 23.3 Å². The molecule has 5 heteroatoms. The van der Waals surface area contributed by atoms with Crippen LogP contribution in [0.2, 0.25) is 0 Å². The molecule has 1 fully saturated rings. The van der Waals surface area contributed by atoms with Crippen molar-refractivity contribution >= 4 is 32.7 Å². The second-order valence-electron chi connectivity index (χ2n) is 5.26. The molecule has 0 atom stereocenters. The molecule has 1 aliphatic heterocycles. The fraction of sp³-hybridized carbons (Fsp3) is 0.385. The van der Waals surface area contributed by atoms with Crippen molar-refractivity contribution < 1.29 is 4.79 Å². The molecule has 2 aliphatic rings. The smallest absolute Gasteiger partial charge is 0.273 e. The number of fused-ring (bicyclic) bond motifs is 3. The van der Waals surface area contributed by atoms with E-state index in [1.165, 1.54) is 0 Å². The fourth-order valence-corrected chi connectivity index (χ4v) is 3.20. The average Bonchev–Trinajstić information content (AvgIpc) is 3.01. The molecule has 92 valence electrons. The van der Waals surface area contributed by atoms with Gasteiger partial charge in [-0.15, -0.1) is 0 Å². The Kier molecular flexibility index (Phi) is 1.84. The van der Waals surface area contributed by atoms with Gasteiger partial charge in [-0.3, -0.25) is 9.48 Å². The summed E-state index contributed by atoms with van der Waals surface area (Å²) in [7, 11) is 1.91. The first-order valence-corrected chi connectivity index (χ1v) is 6.84. The molecule has 1 aliphatic carbocycles. The van der Waals surface area contributed by atoms with Crippen LogP contribution in [0.15, 0.2) is 22.7 Å². The molecule has 1 saturated carbocycles. The molecule has 0 radical (unpaired) electrons. The Bertz CT molecular complexity index is 687. The monoisotopic (exact) mass is 305 g/mol. The Morgan fingerprint density at radius 2 is 2.17 bits per heavy atom. The van der Waals surface area contributed by atoms with Gasteiger partial charge in [0.15, 0.2) is 0 Å². The zero-order valence-electron chi connectivity index (χ0n) is 9.98. The molecule has 2 aromatic rings. The Hall–Kier alpha value is -1.36. The third kappa shape index (κ3) is 1.20. The van der Waals surface area contributed by atoms with E-state index in [4.69, 9.17) is 0 Å². The SMILES string of the molecule is CN1C(=O)c2c3cc(Br)ccc3nn2CC12CC2. The minimum atomic E-state index is 0.0450. The fourth-order valence-electron chi connectivity index (χ4n) is 2.84. The van der Waals surface area contributed by atoms with Crippen LogP contribution in [0, 0.1) is 0 Å². The molecule has 4 rings (SSSR count). The number of nitrogens with zero attached hydrogens (tertiary/aromatic N) is 3. The average molecular weight is 306 g/mol. The number of carbonyl (C=O) groups is 1. The van der Waals surface area contributed by atoms with Gasteiger partial charge in [0.05, 0.1) is 17.6 Å². The van der Waals surface area contributed by atoms with Gasteiger partial charge in [0.2, 0.25) is 0 Å². The van der Waals surface area contributed by atoms with E-state index in [0.29, 0.717) is 0 Å². The van der Waals surface area contributed by atoms with Crippen LogP contribution >= 0.6 is 15.9 Å². The lowest BCUT2D eigenvalue weighted by atomic mass is 10.1. The van der Waals surface area contributed by atoms with E-state index in [0.717, 1.165) is 40.5 Å². The van der Waals surface area contributed by atoms with Gasteiger partial charge in [-0.05, 0) is 31.0 Å². The lowest BCUT2D eigenvalue weighted by molar-refractivity contribution is 0.0615. The molecule has 0 N–H and O–H groups in total. The zero-order valence-corrected chi connectivity index (χ0v) is 11.6. The third-order valence-electron chi connectivity index (χ3n) is 4.19. The zero-order chi connectivity index (χ0) is 12.5. The summed E-state index contributed by atoms with van der Waals surface area (Å²) in [5.41, 5.74) is 1.67. The van der Waals surface area contributed by atoms with Gasteiger partial charge >= 0.3 is 0 Å². The molecule has 18 heavy (non-hydrogen) atoms. The lowest BCUT2D eigenvalue weighted by Gasteiger charge is -2.33. The summed E-state index contributed by atoms with van der Waals surface area (Å²) < 4.78 is 2.87. The number of amides is 1. The highest BCUT2D eigenvalue weighted by Gasteiger charge is 2.53. The van der Waals surface area contributed by atoms with Crippen molar-refractivity contribution in [2.24, 2.45) is 0 Å². The van der Waals surface area contributed by atoms with Crippen molar-refractivity contribution in [2.75, 3.05) is 7.05 Å². The normalized spacial score (nSPS) is 20.6. The number of rotatable bonds is 0. The Balaban J connectivity index is 2.01. The number of hydrogen-bond acceptors (Lipinski definition) is 2. The molecule has 0 unspecified atom stereocenters. The van der Waals surface area contributed by atoms with E-state index in [-0.39, 0.29) is 11.4 Å². The molecule has 0 bridgehead atoms. The minimum Gasteiger partial charge on any atom is -0.333 e. The largest absolute Gasteiger partial charge is 0.333 e. The number of halogens is 1. The summed E-state index contributed by atoms with van der Waals surface area (Å²) in [5, 5.41) is 5.50. The predicted octanol–water partition coefficient (Wildman–Crippen LogP) is 2.42. The van der Waals surface area contributed by atoms with E-state index in [9.17, 15) is 4.79 Å². The van der Waals surface area contributed by atoms with Gasteiger partial charge in [-0.1, -0.05) is 15.9 Å². The minimum absolute atomic E-state index is 0.0450. The number of benzene rings is 1. The van der Waals surface area contributed by atoms with E-state index >= 15 is 0 Å². The standard InChI is InChI=1S/C13H12BrN3O/c1-16-12(18)11-9-6-8(14)2-3-10(9)15-17(11)7-13(16)4-5-13/h2-3,6H,4-5,7H2,1H3. The van der Waals surface area contributed by atoms with Crippen LogP contribution in [0.5, 0.6) is 0 Å². The molecule has 1 aromatic carbocycles. The first-order chi connectivity index (χ1) is 8.61. The molecule has 1 aromatic heterocycles. The van der Waals surface area contributed by atoms with Crippen molar-refractivity contribution in [3.05, 3.63) is 28.4 Å². The number of carbonyl (C=O) groups excluding carboxylic acids is 1. The van der Waals surface area contributed by atoms with E-state index in [1.807, 2.05) is 34.8 Å². The Morgan fingerprint density at radius 3 is 2.89 bits per heavy atom. The van der Waals surface area contributed by atoms with Crippen molar-refractivity contribution in [1.29, 1.82) is 0 Å². The highest BCUT2D eigenvalue weighted by Crippen LogP contribution is 2.46. The van der Waals surface area contributed by atoms with Crippen LogP contribution in [0.25, 0.3) is 10.9 Å². The summed E-state index contributed by atoms with van der Waals surface area (Å²) in [6.07, 6.45) is 2.18. The predicted molar refractivity (Wildman–Crippen MR) is 71.5 cm³/mol. The third-order valence-corrected chi connectivity index (χ3v) is 4.68. The van der Waals surface area contributed by atoms with Crippen molar-refractivity contribution in [3.8, 4) is 0 Å². The maximum atomic E-state index is 12.5. The quantitative estimate of drug-likeness (QED) is 0.750. The lowest BCUT2D eigenvalue weighted by Crippen LogP contribution is -2.47. The highest BCUT2D eigenvalue weighted by atomic mass is 79.9. The van der Waals surface area contributed by atoms with E-state index in [2.05, 4.69) is 21.0 Å². The number of likely N-dealkylation sites (N-methyl/N-ethyl adjacent to an activating group) is 1. The summed E-state index contributed by atoms with van der Waals surface area (Å²) >= 11 is 3.45. The first-order valence-electron chi connectivity index (χ1n) is 6.05. The Morgan fingerprint density at radius 1 is 1.39 bits per heavy atom. The van der Waals surface area contributed by atoms with Crippen molar-refractivity contribution in [2.45, 2.75) is 24.9 Å². The van der Waals surface area contributed by atoms with Gasteiger partial charge in [0.25, 0.3) is 5.91 Å². The maximum Gasteiger partial charge on any atom is 0.273 e. The van der Waals surface area contributed by atoms with Gasteiger partial charge in [0, 0.05) is 16.9 Å². The van der Waals surface area contributed by atoms with Crippen molar-refractivity contribution in [1.82, 2.24) is 14.7 Å². The molecule has 2 heterocycles. The highest BCUT2D eigenvalue weighted by molar-refractivity contribution is 9.10. The van der Waals surface area contributed by atoms with Gasteiger partial charge in [-0.25, -0.2) is 0 Å².